The second kappa shape index (κ2) is 15.9. The zero-order chi connectivity index (χ0) is 50.6. The van der Waals surface area contributed by atoms with Crippen LogP contribution in [0, 0.1) is 0 Å². The summed E-state index contributed by atoms with van der Waals surface area (Å²) in [7, 11) is -4.28. The maximum atomic E-state index is 2.60. The lowest BCUT2D eigenvalue weighted by atomic mass is 9.84. The molecule has 0 fully saturated rings. The van der Waals surface area contributed by atoms with E-state index in [1.807, 2.05) is 0 Å². The Balaban J connectivity index is 0.856. The molecule has 76 heavy (non-hydrogen) atoms. The molecule has 2 aliphatic rings. The number of benzene rings is 14. The van der Waals surface area contributed by atoms with E-state index >= 15 is 0 Å². The van der Waals surface area contributed by atoms with Crippen molar-refractivity contribution >= 4 is 112 Å². The first kappa shape index (κ1) is 43.7. The van der Waals surface area contributed by atoms with Crippen molar-refractivity contribution in [1.29, 1.82) is 0 Å². The molecule has 0 saturated carbocycles. The zero-order valence-corrected chi connectivity index (χ0v) is 45.1. The molecule has 0 nitrogen and oxygen atoms in total. The third kappa shape index (κ3) is 5.94. The smallest absolute Gasteiger partial charge is 0.0616 e. The quantitative estimate of drug-likeness (QED) is 0.122. The van der Waals surface area contributed by atoms with Crippen molar-refractivity contribution in [1.82, 2.24) is 0 Å². The van der Waals surface area contributed by atoms with Gasteiger partial charge in [-0.2, -0.15) is 0 Å². The van der Waals surface area contributed by atoms with Crippen molar-refractivity contribution in [2.75, 3.05) is 0 Å². The van der Waals surface area contributed by atoms with E-state index in [9.17, 15) is 0 Å². The summed E-state index contributed by atoms with van der Waals surface area (Å²) in [6, 6.07) is 92.8. The monoisotopic (exact) mass is 996 g/mol. The lowest BCUT2D eigenvalue weighted by Crippen LogP contribution is -2.49. The summed E-state index contributed by atoms with van der Waals surface area (Å²) < 4.78 is 0. The van der Waals surface area contributed by atoms with Crippen molar-refractivity contribution in [2.24, 2.45) is 0 Å². The van der Waals surface area contributed by atoms with Crippen LogP contribution in [0.25, 0.3) is 142 Å². The lowest BCUT2D eigenvalue weighted by Gasteiger charge is -2.22. The molecular weight excluding hydrogens is 945 g/mol. The van der Waals surface area contributed by atoms with Crippen LogP contribution in [-0.2, 0) is 0 Å². The molecule has 0 spiro atoms. The largest absolute Gasteiger partial charge is 0.113 e. The van der Waals surface area contributed by atoms with Gasteiger partial charge in [-0.25, -0.2) is 0 Å². The molecule has 0 unspecified atom stereocenters. The Morgan fingerprint density at radius 3 is 0.842 bits per heavy atom. The molecule has 356 valence electrons. The van der Waals surface area contributed by atoms with Crippen LogP contribution in [0.5, 0.6) is 0 Å². The first-order valence-electron chi connectivity index (χ1n) is 27.0. The van der Waals surface area contributed by atoms with Crippen molar-refractivity contribution in [3.05, 3.63) is 243 Å². The number of hydrogen-bond donors (Lipinski definition) is 0. The summed E-state index contributed by atoms with van der Waals surface area (Å²) >= 11 is 0. The van der Waals surface area contributed by atoms with E-state index in [4.69, 9.17) is 0 Å². The van der Waals surface area contributed by atoms with Crippen LogP contribution in [0.1, 0.15) is 0 Å². The average Bonchev–Trinajstić information content (AvgIpc) is 3.84. The van der Waals surface area contributed by atoms with Crippen LogP contribution >= 0.6 is 0 Å². The molecular formula is C74H52Si2. The molecule has 0 atom stereocenters. The van der Waals surface area contributed by atoms with Crippen LogP contribution in [-0.4, -0.2) is 16.1 Å². The maximum Gasteiger partial charge on any atom is 0.113 e. The normalized spacial score (nSPS) is 14.0. The van der Waals surface area contributed by atoms with Gasteiger partial charge in [0.1, 0.15) is 16.1 Å². The van der Waals surface area contributed by atoms with Gasteiger partial charge in [0.25, 0.3) is 0 Å². The minimum Gasteiger partial charge on any atom is -0.0616 e. The average molecular weight is 997 g/mol. The molecule has 14 aromatic carbocycles. The van der Waals surface area contributed by atoms with E-state index in [0.29, 0.717) is 0 Å². The molecule has 16 rings (SSSR count). The Labute approximate surface area is 445 Å². The van der Waals surface area contributed by atoms with Gasteiger partial charge in [0, 0.05) is 0 Å². The first-order chi connectivity index (χ1) is 37.3. The lowest BCUT2D eigenvalue weighted by molar-refractivity contribution is 1.67. The fourth-order valence-corrected chi connectivity index (χ4v) is 20.7. The summed E-state index contributed by atoms with van der Waals surface area (Å²) in [4.78, 5) is 0. The molecule has 2 aliphatic heterocycles. The van der Waals surface area contributed by atoms with Gasteiger partial charge in [0.2, 0.25) is 0 Å². The molecule has 0 radical (unpaired) electrons. The van der Waals surface area contributed by atoms with Gasteiger partial charge in [-0.05, 0) is 163 Å². The molecule has 2 heterocycles. The Hall–Kier alpha value is -8.67. The highest BCUT2D eigenvalue weighted by molar-refractivity contribution is 7.05. The summed E-state index contributed by atoms with van der Waals surface area (Å²) in [6.07, 6.45) is 0. The van der Waals surface area contributed by atoms with Crippen LogP contribution in [0.15, 0.2) is 243 Å². The second-order valence-electron chi connectivity index (χ2n) is 22.6. The zero-order valence-electron chi connectivity index (χ0n) is 43.1. The van der Waals surface area contributed by atoms with Crippen molar-refractivity contribution in [2.45, 2.75) is 26.2 Å². The van der Waals surface area contributed by atoms with E-state index in [1.54, 1.807) is 10.4 Å². The van der Waals surface area contributed by atoms with Crippen LogP contribution in [0.4, 0.5) is 0 Å². The molecule has 0 amide bonds. The second-order valence-corrected chi connectivity index (χ2v) is 31.2. The van der Waals surface area contributed by atoms with Crippen molar-refractivity contribution < 1.29 is 0 Å². The topological polar surface area (TPSA) is 0 Å². The summed E-state index contributed by atoms with van der Waals surface area (Å²) in [5.41, 5.74) is 16.2. The number of hydrogen-bond acceptors (Lipinski definition) is 0. The van der Waals surface area contributed by atoms with E-state index in [-0.39, 0.29) is 0 Å². The number of fused-ring (bicyclic) bond motifs is 15. The predicted molar refractivity (Wildman–Crippen MR) is 335 cm³/mol. The summed E-state index contributed by atoms with van der Waals surface area (Å²) in [5, 5.41) is 24.4. The minimum atomic E-state index is -2.14. The maximum absolute atomic E-state index is 2.60. The van der Waals surface area contributed by atoms with Gasteiger partial charge in [0.15, 0.2) is 0 Å². The Morgan fingerprint density at radius 2 is 0.487 bits per heavy atom. The van der Waals surface area contributed by atoms with Crippen LogP contribution < -0.4 is 20.7 Å². The van der Waals surface area contributed by atoms with Crippen LogP contribution in [0.3, 0.4) is 0 Å². The highest BCUT2D eigenvalue weighted by Gasteiger charge is 2.42. The molecule has 0 N–H and O–H groups in total. The highest BCUT2D eigenvalue weighted by atomic mass is 28.3. The van der Waals surface area contributed by atoms with Gasteiger partial charge < -0.3 is 0 Å². The Morgan fingerprint density at radius 1 is 0.197 bits per heavy atom. The van der Waals surface area contributed by atoms with Crippen molar-refractivity contribution in [3.63, 3.8) is 0 Å². The van der Waals surface area contributed by atoms with Crippen LogP contribution in [0.2, 0.25) is 26.2 Å². The van der Waals surface area contributed by atoms with E-state index in [2.05, 4.69) is 269 Å². The molecule has 0 aromatic heterocycles. The summed E-state index contributed by atoms with van der Waals surface area (Å²) in [6.45, 7) is 10.3. The number of rotatable bonds is 4. The molecule has 0 saturated heterocycles. The SMILES string of the molecule is C[Si]1(C)c2cc(-c3c4ccccc4c(-c4cccc5ccccc45)c4ccccc34)ccc2-c2c1ccc1c3c(ccc21)[Si](C)(C)c1cc(-c2c4ccccc4c(-c4cccc5ccccc45)c4ccccc24)ccc1-3. The highest BCUT2D eigenvalue weighted by Crippen LogP contribution is 2.49. The predicted octanol–water partition coefficient (Wildman–Crippen LogP) is 18.0. The minimum absolute atomic E-state index is 1.27. The molecule has 0 bridgehead atoms. The third-order valence-corrected chi connectivity index (χ3v) is 25.1. The van der Waals surface area contributed by atoms with Gasteiger partial charge in [-0.3, -0.25) is 0 Å². The third-order valence-electron chi connectivity index (χ3n) is 18.0. The van der Waals surface area contributed by atoms with Gasteiger partial charge in [-0.15, -0.1) is 0 Å². The summed E-state index contributed by atoms with van der Waals surface area (Å²) in [5.74, 6) is 0. The molecule has 14 aromatic rings. The Bertz CT molecular complexity index is 4450. The first-order valence-corrected chi connectivity index (χ1v) is 33.0. The van der Waals surface area contributed by atoms with Gasteiger partial charge >= 0.3 is 0 Å². The fraction of sp³-hybridized carbons (Fsp3) is 0.0541. The van der Waals surface area contributed by atoms with Gasteiger partial charge in [0.05, 0.1) is 0 Å². The van der Waals surface area contributed by atoms with E-state index < -0.39 is 16.1 Å². The standard InChI is InChI=1S/C74H52Si2/c1-75(2)65-41-39-62-61(73(65)63-37-35-47(43-67(63)75)69-53-25-9-13-29-57(53)71(58-30-14-10-26-54(58)69)51-33-17-21-45-19-5-7-23-49(45)51)40-42-66-74(62)64-38-36-48(44-68(64)76(66,3)4)70-55-27-11-15-31-59(55)72(60-32-16-12-28-56(60)70)52-34-18-22-46-20-6-8-24-50(46)52/h5-44H,1-4H3. The molecule has 0 aliphatic carbocycles. The fourth-order valence-electron chi connectivity index (χ4n) is 14.5. The van der Waals surface area contributed by atoms with Gasteiger partial charge in [-0.1, -0.05) is 269 Å². The van der Waals surface area contributed by atoms with Crippen molar-refractivity contribution in [3.8, 4) is 66.8 Å². The Kier molecular flexibility index (Phi) is 9.16. The van der Waals surface area contributed by atoms with E-state index in [1.165, 1.54) is 153 Å². The van der Waals surface area contributed by atoms with E-state index in [0.717, 1.165) is 0 Å². The molecule has 2 heteroatoms.